The zero-order valence-corrected chi connectivity index (χ0v) is 12.4. The second-order valence-electron chi connectivity index (χ2n) is 4.85. The molecule has 0 radical (unpaired) electrons. The van der Waals surface area contributed by atoms with Gasteiger partial charge in [-0.1, -0.05) is 11.6 Å². The lowest BCUT2D eigenvalue weighted by Gasteiger charge is -2.15. The second-order valence-corrected chi connectivity index (χ2v) is 5.29. The summed E-state index contributed by atoms with van der Waals surface area (Å²) in [5.41, 5.74) is 6.01. The van der Waals surface area contributed by atoms with Crippen molar-refractivity contribution in [1.29, 1.82) is 0 Å². The predicted molar refractivity (Wildman–Crippen MR) is 83.7 cm³/mol. The molecule has 4 nitrogen and oxygen atoms in total. The van der Waals surface area contributed by atoms with Crippen LogP contribution < -0.4 is 10.2 Å². The number of halogens is 1. The van der Waals surface area contributed by atoms with E-state index in [-0.39, 0.29) is 0 Å². The number of nitrogens with one attached hydrogen (secondary N) is 1. The highest BCUT2D eigenvalue weighted by Crippen LogP contribution is 2.28. The van der Waals surface area contributed by atoms with Crippen molar-refractivity contribution < 1.29 is 9.15 Å². The van der Waals surface area contributed by atoms with Gasteiger partial charge >= 0.3 is 0 Å². The maximum Gasteiger partial charge on any atom is 0.127 e. The summed E-state index contributed by atoms with van der Waals surface area (Å²) in [6.07, 6.45) is 5.51. The Morgan fingerprint density at radius 2 is 2.29 bits per heavy atom. The summed E-state index contributed by atoms with van der Waals surface area (Å²) in [6, 6.07) is 7.55. The van der Waals surface area contributed by atoms with Crippen molar-refractivity contribution in [2.24, 2.45) is 5.10 Å². The lowest BCUT2D eigenvalue weighted by atomic mass is 10.1. The van der Waals surface area contributed by atoms with Gasteiger partial charge in [0.25, 0.3) is 0 Å². The molecule has 1 aromatic carbocycles. The fraction of sp³-hybridized carbons (Fsp3) is 0.188. The van der Waals surface area contributed by atoms with E-state index < -0.39 is 0 Å². The van der Waals surface area contributed by atoms with E-state index in [0.717, 1.165) is 28.2 Å². The van der Waals surface area contributed by atoms with Gasteiger partial charge in [0.1, 0.15) is 18.1 Å². The molecular formula is C16H15ClN2O2. The molecule has 5 heteroatoms. The van der Waals surface area contributed by atoms with Gasteiger partial charge < -0.3 is 14.6 Å². The normalized spacial score (nSPS) is 13.7. The molecule has 1 aliphatic rings. The SMILES string of the molecule is Cc1cc(CN/N=C/C2=Cc3cc(Cl)ccc3OC2)co1. The van der Waals surface area contributed by atoms with E-state index in [4.69, 9.17) is 20.8 Å². The Labute approximate surface area is 128 Å². The van der Waals surface area contributed by atoms with Crippen LogP contribution in [0.5, 0.6) is 5.75 Å². The lowest BCUT2D eigenvalue weighted by Crippen LogP contribution is -2.10. The van der Waals surface area contributed by atoms with Crippen molar-refractivity contribution in [2.75, 3.05) is 6.61 Å². The number of rotatable bonds is 4. The zero-order chi connectivity index (χ0) is 14.7. The highest BCUT2D eigenvalue weighted by Gasteiger charge is 2.10. The number of benzene rings is 1. The standard InChI is InChI=1S/C16H15ClN2O2/c1-11-4-12(9-20-11)7-18-19-8-13-5-14-6-15(17)2-3-16(14)21-10-13/h2-6,8-9,18H,7,10H2,1H3/b19-8+. The molecule has 3 rings (SSSR count). The summed E-state index contributed by atoms with van der Waals surface area (Å²) in [5.74, 6) is 1.74. The van der Waals surface area contributed by atoms with Crippen molar-refractivity contribution in [2.45, 2.75) is 13.5 Å². The van der Waals surface area contributed by atoms with Crippen molar-refractivity contribution in [3.05, 3.63) is 58.0 Å². The minimum absolute atomic E-state index is 0.505. The van der Waals surface area contributed by atoms with Crippen LogP contribution in [0.15, 0.2) is 45.6 Å². The third-order valence-corrected chi connectivity index (χ3v) is 3.33. The van der Waals surface area contributed by atoms with Crippen molar-refractivity contribution in [3.63, 3.8) is 0 Å². The Morgan fingerprint density at radius 1 is 1.38 bits per heavy atom. The number of aryl methyl sites for hydroxylation is 1. The van der Waals surface area contributed by atoms with Crippen LogP contribution in [-0.4, -0.2) is 12.8 Å². The van der Waals surface area contributed by atoms with E-state index in [1.807, 2.05) is 37.3 Å². The second kappa shape index (κ2) is 6.06. The van der Waals surface area contributed by atoms with E-state index in [2.05, 4.69) is 10.5 Å². The third kappa shape index (κ3) is 3.47. The predicted octanol–water partition coefficient (Wildman–Crippen LogP) is 3.79. The summed E-state index contributed by atoms with van der Waals surface area (Å²) in [5, 5.41) is 4.89. The Morgan fingerprint density at radius 3 is 3.10 bits per heavy atom. The first-order chi connectivity index (χ1) is 10.2. The fourth-order valence-corrected chi connectivity index (χ4v) is 2.28. The number of furan rings is 1. The van der Waals surface area contributed by atoms with Crippen LogP contribution in [-0.2, 0) is 6.54 Å². The highest BCUT2D eigenvalue weighted by atomic mass is 35.5. The first kappa shape index (κ1) is 13.8. The first-order valence-electron chi connectivity index (χ1n) is 6.63. The number of ether oxygens (including phenoxy) is 1. The minimum atomic E-state index is 0.505. The summed E-state index contributed by atoms with van der Waals surface area (Å²) < 4.78 is 10.9. The lowest BCUT2D eigenvalue weighted by molar-refractivity contribution is 0.353. The van der Waals surface area contributed by atoms with Gasteiger partial charge in [-0.05, 0) is 37.3 Å². The van der Waals surface area contributed by atoms with Gasteiger partial charge in [0.2, 0.25) is 0 Å². The number of fused-ring (bicyclic) bond motifs is 1. The summed E-state index contributed by atoms with van der Waals surface area (Å²) in [4.78, 5) is 0. The van der Waals surface area contributed by atoms with Gasteiger partial charge in [-0.3, -0.25) is 0 Å². The van der Waals surface area contributed by atoms with Crippen molar-refractivity contribution >= 4 is 23.9 Å². The Balaban J connectivity index is 1.61. The largest absolute Gasteiger partial charge is 0.488 e. The molecule has 1 aromatic heterocycles. The van der Waals surface area contributed by atoms with E-state index in [1.54, 1.807) is 12.5 Å². The third-order valence-electron chi connectivity index (χ3n) is 3.10. The molecule has 0 saturated heterocycles. The molecule has 0 atom stereocenters. The summed E-state index contributed by atoms with van der Waals surface area (Å²) in [7, 11) is 0. The van der Waals surface area contributed by atoms with Crippen LogP contribution >= 0.6 is 11.6 Å². The molecular weight excluding hydrogens is 288 g/mol. The molecule has 21 heavy (non-hydrogen) atoms. The first-order valence-corrected chi connectivity index (χ1v) is 7.01. The molecule has 2 heterocycles. The van der Waals surface area contributed by atoms with E-state index in [0.29, 0.717) is 18.2 Å². The maximum absolute atomic E-state index is 5.98. The van der Waals surface area contributed by atoms with Crippen LogP contribution in [0, 0.1) is 6.92 Å². The van der Waals surface area contributed by atoms with Gasteiger partial charge in [0.15, 0.2) is 0 Å². The van der Waals surface area contributed by atoms with E-state index >= 15 is 0 Å². The van der Waals surface area contributed by atoms with Crippen LogP contribution in [0.3, 0.4) is 0 Å². The Bertz CT molecular complexity index is 704. The Kier molecular flexibility index (Phi) is 3.97. The number of hydrazone groups is 1. The molecule has 108 valence electrons. The smallest absolute Gasteiger partial charge is 0.127 e. The van der Waals surface area contributed by atoms with E-state index in [9.17, 15) is 0 Å². The van der Waals surface area contributed by atoms with Gasteiger partial charge in [0, 0.05) is 21.7 Å². The monoisotopic (exact) mass is 302 g/mol. The molecule has 1 N–H and O–H groups in total. The molecule has 0 amide bonds. The molecule has 0 aliphatic carbocycles. The van der Waals surface area contributed by atoms with Gasteiger partial charge in [-0.2, -0.15) is 5.10 Å². The van der Waals surface area contributed by atoms with Crippen LogP contribution in [0.4, 0.5) is 0 Å². The quantitative estimate of drug-likeness (QED) is 0.690. The van der Waals surface area contributed by atoms with Crippen LogP contribution in [0.25, 0.3) is 6.08 Å². The van der Waals surface area contributed by atoms with Gasteiger partial charge in [-0.15, -0.1) is 0 Å². The highest BCUT2D eigenvalue weighted by molar-refractivity contribution is 6.30. The number of nitrogens with zero attached hydrogens (tertiary/aromatic N) is 1. The minimum Gasteiger partial charge on any atom is -0.488 e. The van der Waals surface area contributed by atoms with Gasteiger partial charge in [0.05, 0.1) is 19.0 Å². The molecule has 0 fully saturated rings. The number of hydrogen-bond acceptors (Lipinski definition) is 4. The molecule has 0 unspecified atom stereocenters. The van der Waals surface area contributed by atoms with E-state index in [1.165, 1.54) is 0 Å². The average molecular weight is 303 g/mol. The molecule has 2 aromatic rings. The van der Waals surface area contributed by atoms with Gasteiger partial charge in [-0.25, -0.2) is 0 Å². The topological polar surface area (TPSA) is 46.8 Å². The van der Waals surface area contributed by atoms with Crippen molar-refractivity contribution in [1.82, 2.24) is 5.43 Å². The fourth-order valence-electron chi connectivity index (χ4n) is 2.10. The number of hydrogen-bond donors (Lipinski definition) is 1. The van der Waals surface area contributed by atoms with Crippen LogP contribution in [0.1, 0.15) is 16.9 Å². The summed E-state index contributed by atoms with van der Waals surface area (Å²) >= 11 is 5.98. The van der Waals surface area contributed by atoms with Crippen molar-refractivity contribution in [3.8, 4) is 5.75 Å². The molecule has 0 spiro atoms. The molecule has 1 aliphatic heterocycles. The average Bonchev–Trinajstić information content (AvgIpc) is 2.89. The maximum atomic E-state index is 5.98. The summed E-state index contributed by atoms with van der Waals surface area (Å²) in [6.45, 7) is 3.05. The van der Waals surface area contributed by atoms with Crippen LogP contribution in [0.2, 0.25) is 5.02 Å². The zero-order valence-electron chi connectivity index (χ0n) is 11.6. The molecule has 0 bridgehead atoms. The Hall–Kier alpha value is -2.20. The molecule has 0 saturated carbocycles.